The SMILES string of the molecule is CNc1cncc(C(=O)N2CC(C)SC(C)C2)n1. The molecule has 0 aromatic carbocycles. The van der Waals surface area contributed by atoms with Crippen molar-refractivity contribution in [3.63, 3.8) is 0 Å². The van der Waals surface area contributed by atoms with Crippen molar-refractivity contribution in [1.82, 2.24) is 14.9 Å². The summed E-state index contributed by atoms with van der Waals surface area (Å²) in [6.07, 6.45) is 3.13. The topological polar surface area (TPSA) is 58.1 Å². The van der Waals surface area contributed by atoms with Gasteiger partial charge in [0.2, 0.25) is 0 Å². The van der Waals surface area contributed by atoms with E-state index in [0.717, 1.165) is 13.1 Å². The van der Waals surface area contributed by atoms with Gasteiger partial charge in [-0.15, -0.1) is 0 Å². The molecule has 0 aliphatic carbocycles. The van der Waals surface area contributed by atoms with Gasteiger partial charge >= 0.3 is 0 Å². The summed E-state index contributed by atoms with van der Waals surface area (Å²) in [4.78, 5) is 22.5. The van der Waals surface area contributed by atoms with Gasteiger partial charge in [0, 0.05) is 30.6 Å². The molecule has 0 spiro atoms. The van der Waals surface area contributed by atoms with Gasteiger partial charge in [-0.2, -0.15) is 11.8 Å². The number of nitrogens with one attached hydrogen (secondary N) is 1. The van der Waals surface area contributed by atoms with Gasteiger partial charge in [0.05, 0.1) is 12.4 Å². The van der Waals surface area contributed by atoms with Crippen LogP contribution >= 0.6 is 11.8 Å². The molecule has 2 heterocycles. The van der Waals surface area contributed by atoms with Crippen molar-refractivity contribution in [3.8, 4) is 0 Å². The number of aromatic nitrogens is 2. The van der Waals surface area contributed by atoms with Crippen LogP contribution in [0.25, 0.3) is 0 Å². The molecule has 2 rings (SSSR count). The number of carbonyl (C=O) groups excluding carboxylic acids is 1. The molecule has 1 aromatic rings. The van der Waals surface area contributed by atoms with Crippen molar-refractivity contribution in [3.05, 3.63) is 18.1 Å². The number of carbonyl (C=O) groups is 1. The molecule has 98 valence electrons. The molecule has 2 atom stereocenters. The molecule has 5 nitrogen and oxygen atoms in total. The van der Waals surface area contributed by atoms with E-state index in [4.69, 9.17) is 0 Å². The van der Waals surface area contributed by atoms with Gasteiger partial charge in [0.1, 0.15) is 11.5 Å². The Morgan fingerprint density at radius 2 is 2.06 bits per heavy atom. The number of anilines is 1. The van der Waals surface area contributed by atoms with Gasteiger partial charge < -0.3 is 10.2 Å². The summed E-state index contributed by atoms with van der Waals surface area (Å²) < 4.78 is 0. The second kappa shape index (κ2) is 5.56. The lowest BCUT2D eigenvalue weighted by atomic mass is 10.3. The normalized spacial score (nSPS) is 23.8. The van der Waals surface area contributed by atoms with E-state index < -0.39 is 0 Å². The average molecular weight is 266 g/mol. The van der Waals surface area contributed by atoms with Crippen LogP contribution in [0.2, 0.25) is 0 Å². The zero-order valence-electron chi connectivity index (χ0n) is 10.9. The number of hydrogen-bond acceptors (Lipinski definition) is 5. The number of nitrogens with zero attached hydrogens (tertiary/aromatic N) is 3. The standard InChI is InChI=1S/C12H18N4OS/c1-8-6-16(7-9(2)18-8)12(17)10-4-14-5-11(13-3)15-10/h4-5,8-9H,6-7H2,1-3H3,(H,13,15). The predicted octanol–water partition coefficient (Wildman–Crippen LogP) is 1.48. The van der Waals surface area contributed by atoms with Gasteiger partial charge in [-0.1, -0.05) is 13.8 Å². The molecule has 1 aromatic heterocycles. The fourth-order valence-electron chi connectivity index (χ4n) is 2.10. The van der Waals surface area contributed by atoms with Crippen molar-refractivity contribution in [2.45, 2.75) is 24.3 Å². The van der Waals surface area contributed by atoms with E-state index in [0.29, 0.717) is 22.0 Å². The summed E-state index contributed by atoms with van der Waals surface area (Å²) in [5.74, 6) is 0.590. The maximum absolute atomic E-state index is 12.3. The van der Waals surface area contributed by atoms with Crippen LogP contribution < -0.4 is 5.32 Å². The van der Waals surface area contributed by atoms with Crippen molar-refractivity contribution in [1.29, 1.82) is 0 Å². The second-order valence-electron chi connectivity index (χ2n) is 4.51. The molecule has 0 bridgehead atoms. The zero-order chi connectivity index (χ0) is 13.1. The number of hydrogen-bond donors (Lipinski definition) is 1. The summed E-state index contributed by atoms with van der Waals surface area (Å²) >= 11 is 1.92. The molecule has 1 aliphatic heterocycles. The molecule has 1 amide bonds. The highest BCUT2D eigenvalue weighted by Crippen LogP contribution is 2.25. The predicted molar refractivity (Wildman–Crippen MR) is 74.0 cm³/mol. The summed E-state index contributed by atoms with van der Waals surface area (Å²) in [5, 5.41) is 3.84. The van der Waals surface area contributed by atoms with Gasteiger partial charge in [-0.05, 0) is 0 Å². The number of amides is 1. The maximum atomic E-state index is 12.3. The highest BCUT2D eigenvalue weighted by atomic mass is 32.2. The lowest BCUT2D eigenvalue weighted by molar-refractivity contribution is 0.0747. The molecule has 0 radical (unpaired) electrons. The Bertz CT molecular complexity index is 430. The van der Waals surface area contributed by atoms with Crippen molar-refractivity contribution >= 4 is 23.5 Å². The van der Waals surface area contributed by atoms with Crippen LogP contribution in [0.4, 0.5) is 5.82 Å². The Morgan fingerprint density at radius 1 is 1.39 bits per heavy atom. The van der Waals surface area contributed by atoms with E-state index in [9.17, 15) is 4.79 Å². The molecule has 2 unspecified atom stereocenters. The molecular formula is C12H18N4OS. The summed E-state index contributed by atoms with van der Waals surface area (Å²) in [6, 6.07) is 0. The van der Waals surface area contributed by atoms with Crippen molar-refractivity contribution in [2.24, 2.45) is 0 Å². The van der Waals surface area contributed by atoms with E-state index in [1.54, 1.807) is 13.2 Å². The number of thioether (sulfide) groups is 1. The lowest BCUT2D eigenvalue weighted by Gasteiger charge is -2.34. The molecule has 18 heavy (non-hydrogen) atoms. The third-order valence-electron chi connectivity index (χ3n) is 2.82. The van der Waals surface area contributed by atoms with Crippen molar-refractivity contribution < 1.29 is 4.79 Å². The smallest absolute Gasteiger partial charge is 0.274 e. The first-order valence-electron chi connectivity index (χ1n) is 6.04. The minimum Gasteiger partial charge on any atom is -0.372 e. The molecule has 1 fully saturated rings. The van der Waals surface area contributed by atoms with E-state index in [-0.39, 0.29) is 5.91 Å². The molecule has 0 saturated carbocycles. The van der Waals surface area contributed by atoms with Crippen LogP contribution in [0, 0.1) is 0 Å². The van der Waals surface area contributed by atoms with E-state index >= 15 is 0 Å². The molecule has 1 aliphatic rings. The first kappa shape index (κ1) is 13.1. The quantitative estimate of drug-likeness (QED) is 0.878. The van der Waals surface area contributed by atoms with E-state index in [1.165, 1.54) is 6.20 Å². The van der Waals surface area contributed by atoms with Crippen LogP contribution in [0.5, 0.6) is 0 Å². The van der Waals surface area contributed by atoms with Crippen LogP contribution in [0.15, 0.2) is 12.4 Å². The lowest BCUT2D eigenvalue weighted by Crippen LogP contribution is -2.44. The minimum absolute atomic E-state index is 0.0291. The van der Waals surface area contributed by atoms with Gasteiger partial charge in [-0.25, -0.2) is 4.98 Å². The largest absolute Gasteiger partial charge is 0.372 e. The molecule has 1 N–H and O–H groups in total. The number of rotatable bonds is 2. The third kappa shape index (κ3) is 2.93. The Labute approximate surface area is 111 Å². The third-order valence-corrected chi connectivity index (χ3v) is 4.04. The first-order valence-corrected chi connectivity index (χ1v) is 6.99. The fourth-order valence-corrected chi connectivity index (χ4v) is 3.42. The fraction of sp³-hybridized carbons (Fsp3) is 0.583. The van der Waals surface area contributed by atoms with Gasteiger partial charge in [0.25, 0.3) is 5.91 Å². The zero-order valence-corrected chi connectivity index (χ0v) is 11.7. The molecule has 1 saturated heterocycles. The summed E-state index contributed by atoms with van der Waals surface area (Å²) in [5.41, 5.74) is 0.410. The Hall–Kier alpha value is -1.30. The van der Waals surface area contributed by atoms with Crippen LogP contribution in [0.3, 0.4) is 0 Å². The average Bonchev–Trinajstić information content (AvgIpc) is 2.37. The second-order valence-corrected chi connectivity index (χ2v) is 6.39. The van der Waals surface area contributed by atoms with E-state index in [2.05, 4.69) is 29.1 Å². The summed E-state index contributed by atoms with van der Waals surface area (Å²) in [7, 11) is 1.76. The van der Waals surface area contributed by atoms with E-state index in [1.807, 2.05) is 16.7 Å². The first-order chi connectivity index (χ1) is 8.60. The van der Waals surface area contributed by atoms with Crippen LogP contribution in [0.1, 0.15) is 24.3 Å². The monoisotopic (exact) mass is 266 g/mol. The van der Waals surface area contributed by atoms with Gasteiger partial charge in [-0.3, -0.25) is 9.78 Å². The minimum atomic E-state index is -0.0291. The van der Waals surface area contributed by atoms with Crippen LogP contribution in [-0.2, 0) is 0 Å². The Balaban J connectivity index is 2.14. The maximum Gasteiger partial charge on any atom is 0.274 e. The highest BCUT2D eigenvalue weighted by molar-refractivity contribution is 8.00. The molecule has 6 heteroatoms. The Kier molecular flexibility index (Phi) is 4.06. The highest BCUT2D eigenvalue weighted by Gasteiger charge is 2.27. The Morgan fingerprint density at radius 3 is 2.67 bits per heavy atom. The van der Waals surface area contributed by atoms with Gasteiger partial charge in [0.15, 0.2) is 0 Å². The summed E-state index contributed by atoms with van der Waals surface area (Å²) in [6.45, 7) is 5.85. The molecular weight excluding hydrogens is 248 g/mol. The van der Waals surface area contributed by atoms with Crippen molar-refractivity contribution in [2.75, 3.05) is 25.5 Å². The van der Waals surface area contributed by atoms with Crippen LogP contribution in [-0.4, -0.2) is 51.4 Å².